The Hall–Kier alpha value is -1.26. The van der Waals surface area contributed by atoms with Crippen molar-refractivity contribution in [3.8, 4) is 0 Å². The van der Waals surface area contributed by atoms with Crippen LogP contribution in [0, 0.1) is 6.92 Å². The Bertz CT molecular complexity index is 614. The van der Waals surface area contributed by atoms with E-state index in [1.807, 2.05) is 24.8 Å². The van der Waals surface area contributed by atoms with Crippen molar-refractivity contribution in [1.82, 2.24) is 9.97 Å². The lowest BCUT2D eigenvalue weighted by molar-refractivity contribution is 0.915. The molecule has 2 aromatic rings. The van der Waals surface area contributed by atoms with E-state index >= 15 is 0 Å². The minimum Gasteiger partial charge on any atom is -0.369 e. The minimum atomic E-state index is 0.516. The molecule has 0 spiro atoms. The van der Waals surface area contributed by atoms with Crippen LogP contribution >= 0.6 is 23.4 Å². The molecule has 0 atom stereocenters. The van der Waals surface area contributed by atoms with E-state index in [9.17, 15) is 0 Å². The summed E-state index contributed by atoms with van der Waals surface area (Å²) in [5.74, 6) is 3.28. The van der Waals surface area contributed by atoms with Gasteiger partial charge in [-0.2, -0.15) is 0 Å². The number of aromatic nitrogens is 2. The molecule has 1 aromatic carbocycles. The molecule has 1 aromatic heterocycles. The maximum Gasteiger partial charge on any atom is 0.137 e. The van der Waals surface area contributed by atoms with Crippen molar-refractivity contribution in [1.29, 1.82) is 0 Å². The summed E-state index contributed by atoms with van der Waals surface area (Å²) < 4.78 is 0. The second-order valence-electron chi connectivity index (χ2n) is 5.21. The number of hydrogen-bond acceptors (Lipinski definition) is 4. The average molecular weight is 320 g/mol. The number of halogens is 1. The third kappa shape index (κ3) is 3.89. The van der Waals surface area contributed by atoms with Crippen molar-refractivity contribution in [2.75, 3.05) is 17.6 Å². The normalized spacial score (nSPS) is 14.2. The number of nitrogens with one attached hydrogen (secondary N) is 1. The largest absolute Gasteiger partial charge is 0.369 e. The van der Waals surface area contributed by atoms with Gasteiger partial charge in [0.05, 0.1) is 0 Å². The van der Waals surface area contributed by atoms with E-state index < -0.39 is 0 Å². The zero-order valence-electron chi connectivity index (χ0n) is 12.0. The Morgan fingerprint density at radius 3 is 2.71 bits per heavy atom. The third-order valence-electron chi connectivity index (χ3n) is 3.45. The second kappa shape index (κ2) is 6.67. The molecule has 1 aliphatic rings. The predicted molar refractivity (Wildman–Crippen MR) is 89.4 cm³/mol. The van der Waals surface area contributed by atoms with Gasteiger partial charge in [0.25, 0.3) is 0 Å². The van der Waals surface area contributed by atoms with E-state index in [4.69, 9.17) is 11.6 Å². The van der Waals surface area contributed by atoms with Gasteiger partial charge < -0.3 is 5.32 Å². The third-order valence-corrected chi connectivity index (χ3v) is 4.83. The first-order valence-electron chi connectivity index (χ1n) is 7.20. The quantitative estimate of drug-likeness (QED) is 0.482. The van der Waals surface area contributed by atoms with E-state index in [2.05, 4.69) is 39.6 Å². The Balaban J connectivity index is 1.57. The molecule has 1 heterocycles. The summed E-state index contributed by atoms with van der Waals surface area (Å²) in [6.45, 7) is 2.82. The minimum absolute atomic E-state index is 0.516. The van der Waals surface area contributed by atoms with Crippen LogP contribution in [-0.2, 0) is 0 Å². The van der Waals surface area contributed by atoms with Crippen LogP contribution in [-0.4, -0.2) is 22.3 Å². The summed E-state index contributed by atoms with van der Waals surface area (Å²) in [5, 5.41) is 3.96. The van der Waals surface area contributed by atoms with Crippen LogP contribution in [0.15, 0.2) is 35.2 Å². The van der Waals surface area contributed by atoms with Crippen LogP contribution in [0.5, 0.6) is 0 Å². The first-order valence-corrected chi connectivity index (χ1v) is 8.56. The van der Waals surface area contributed by atoms with Crippen LogP contribution in [0.4, 0.5) is 5.82 Å². The molecule has 0 saturated heterocycles. The van der Waals surface area contributed by atoms with Gasteiger partial charge in [-0.25, -0.2) is 9.97 Å². The molecule has 3 rings (SSSR count). The molecule has 0 aliphatic heterocycles. The number of rotatable bonds is 6. The molecule has 1 aliphatic carbocycles. The van der Waals surface area contributed by atoms with E-state index in [1.54, 1.807) is 0 Å². The standard InChI is InChI=1S/C16H18ClN3S/c1-11-14(17)19-16(12-7-8-12)20-15(11)18-9-10-21-13-5-3-2-4-6-13/h2-6,12H,7-10H2,1H3,(H,18,19,20). The number of thioether (sulfide) groups is 1. The number of hydrogen-bond donors (Lipinski definition) is 1. The first-order chi connectivity index (χ1) is 10.2. The van der Waals surface area contributed by atoms with Crippen molar-refractivity contribution in [2.24, 2.45) is 0 Å². The second-order valence-corrected chi connectivity index (χ2v) is 6.74. The Labute approximate surface area is 134 Å². The van der Waals surface area contributed by atoms with Gasteiger partial charge in [-0.3, -0.25) is 0 Å². The summed E-state index contributed by atoms with van der Waals surface area (Å²) in [4.78, 5) is 10.3. The molecule has 0 unspecified atom stereocenters. The number of anilines is 1. The first kappa shape index (κ1) is 14.7. The molecule has 21 heavy (non-hydrogen) atoms. The zero-order valence-corrected chi connectivity index (χ0v) is 13.5. The van der Waals surface area contributed by atoms with Crippen molar-refractivity contribution in [3.63, 3.8) is 0 Å². The molecular formula is C16H18ClN3S. The highest BCUT2D eigenvalue weighted by atomic mass is 35.5. The molecule has 0 radical (unpaired) electrons. The lowest BCUT2D eigenvalue weighted by Crippen LogP contribution is -2.09. The van der Waals surface area contributed by atoms with Crippen LogP contribution in [0.25, 0.3) is 0 Å². The smallest absolute Gasteiger partial charge is 0.137 e. The molecule has 3 nitrogen and oxygen atoms in total. The van der Waals surface area contributed by atoms with Gasteiger partial charge in [-0.05, 0) is 31.9 Å². The van der Waals surface area contributed by atoms with E-state index in [0.29, 0.717) is 11.1 Å². The fourth-order valence-electron chi connectivity index (χ4n) is 2.06. The summed E-state index contributed by atoms with van der Waals surface area (Å²) in [7, 11) is 0. The topological polar surface area (TPSA) is 37.8 Å². The molecule has 0 bridgehead atoms. The molecule has 0 amide bonds. The predicted octanol–water partition coefficient (Wildman–Crippen LogP) is 4.52. The van der Waals surface area contributed by atoms with Gasteiger partial charge in [0.15, 0.2) is 0 Å². The highest BCUT2D eigenvalue weighted by Crippen LogP contribution is 2.39. The van der Waals surface area contributed by atoms with Gasteiger partial charge in [0, 0.05) is 28.7 Å². The van der Waals surface area contributed by atoms with E-state index in [0.717, 1.165) is 29.5 Å². The van der Waals surface area contributed by atoms with Crippen molar-refractivity contribution < 1.29 is 0 Å². The van der Waals surface area contributed by atoms with Crippen LogP contribution in [0.1, 0.15) is 30.1 Å². The molecular weight excluding hydrogens is 302 g/mol. The van der Waals surface area contributed by atoms with Crippen molar-refractivity contribution in [3.05, 3.63) is 46.9 Å². The van der Waals surface area contributed by atoms with E-state index in [-0.39, 0.29) is 0 Å². The van der Waals surface area contributed by atoms with Crippen LogP contribution in [0.3, 0.4) is 0 Å². The van der Waals surface area contributed by atoms with Gasteiger partial charge >= 0.3 is 0 Å². The highest BCUT2D eigenvalue weighted by Gasteiger charge is 2.27. The molecule has 5 heteroatoms. The molecule has 1 fully saturated rings. The van der Waals surface area contributed by atoms with Gasteiger partial charge in [-0.15, -0.1) is 11.8 Å². The summed E-state index contributed by atoms with van der Waals surface area (Å²) >= 11 is 8.04. The Kier molecular flexibility index (Phi) is 4.66. The Morgan fingerprint density at radius 1 is 1.24 bits per heavy atom. The lowest BCUT2D eigenvalue weighted by Gasteiger charge is -2.11. The fourth-order valence-corrected chi connectivity index (χ4v) is 3.02. The summed E-state index contributed by atoms with van der Waals surface area (Å²) in [6.07, 6.45) is 2.37. The fraction of sp³-hybridized carbons (Fsp3) is 0.375. The van der Waals surface area contributed by atoms with Crippen LogP contribution < -0.4 is 5.32 Å². The van der Waals surface area contributed by atoms with Gasteiger partial charge in [0.1, 0.15) is 16.8 Å². The summed E-state index contributed by atoms with van der Waals surface area (Å²) in [6, 6.07) is 10.4. The lowest BCUT2D eigenvalue weighted by atomic mass is 10.3. The number of nitrogens with zero attached hydrogens (tertiary/aromatic N) is 2. The summed E-state index contributed by atoms with van der Waals surface area (Å²) in [5.41, 5.74) is 0.936. The molecule has 110 valence electrons. The van der Waals surface area contributed by atoms with E-state index in [1.165, 1.54) is 17.7 Å². The maximum absolute atomic E-state index is 6.20. The average Bonchev–Trinajstić information content (AvgIpc) is 3.33. The SMILES string of the molecule is Cc1c(Cl)nc(C2CC2)nc1NCCSc1ccccc1. The monoisotopic (exact) mass is 319 g/mol. The number of benzene rings is 1. The van der Waals surface area contributed by atoms with Gasteiger partial charge in [0.2, 0.25) is 0 Å². The van der Waals surface area contributed by atoms with Crippen LogP contribution in [0.2, 0.25) is 5.15 Å². The molecule has 1 saturated carbocycles. The zero-order chi connectivity index (χ0) is 14.7. The Morgan fingerprint density at radius 2 is 2.00 bits per heavy atom. The molecule has 1 N–H and O–H groups in total. The highest BCUT2D eigenvalue weighted by molar-refractivity contribution is 7.99. The van der Waals surface area contributed by atoms with Crippen molar-refractivity contribution >= 4 is 29.2 Å². The van der Waals surface area contributed by atoms with Gasteiger partial charge in [-0.1, -0.05) is 29.8 Å². The van der Waals surface area contributed by atoms with Crippen molar-refractivity contribution in [2.45, 2.75) is 30.6 Å². The maximum atomic E-state index is 6.20.